The van der Waals surface area contributed by atoms with E-state index in [2.05, 4.69) is 13.0 Å². The Hall–Kier alpha value is -2.87. The first-order valence-corrected chi connectivity index (χ1v) is 12.0. The highest BCUT2D eigenvalue weighted by Gasteiger charge is 2.27. The molecule has 3 atom stereocenters. The number of allylic oxidation sites excluding steroid dienone is 2. The van der Waals surface area contributed by atoms with Crippen LogP contribution in [0.2, 0.25) is 0 Å². The van der Waals surface area contributed by atoms with E-state index in [0.717, 1.165) is 23.3 Å². The molecule has 0 radical (unpaired) electrons. The van der Waals surface area contributed by atoms with Crippen LogP contribution in [0.15, 0.2) is 54.6 Å². The van der Waals surface area contributed by atoms with E-state index in [1.165, 1.54) is 6.07 Å². The standard InChI is InChI=1S/C28H36O7/c1-20-7-4-5-8-22-9-6-10-25(29)27(22)28(30)35-24(17-26(20)34-19-31-2)15-16-33-18-21-11-13-23(32-3)14-12-21/h4-6,9-14,20,24,26,29H,7-8,15-19H2,1-3H3/b5-4+/t20-,24+,26?/m1/s1. The SMILES string of the molecule is COCOC1C[C@H](CCOCc2ccc(OC)cc2)OC(=O)c2c(O)cccc2C/C=C/C[C@H]1C. The molecule has 0 fully saturated rings. The van der Waals surface area contributed by atoms with E-state index >= 15 is 0 Å². The Bertz CT molecular complexity index is 954. The van der Waals surface area contributed by atoms with Gasteiger partial charge in [-0.25, -0.2) is 4.79 Å². The van der Waals surface area contributed by atoms with Gasteiger partial charge in [0.15, 0.2) is 0 Å². The molecule has 0 amide bonds. The van der Waals surface area contributed by atoms with Gasteiger partial charge in [-0.2, -0.15) is 0 Å². The molecule has 7 heteroatoms. The Labute approximate surface area is 207 Å². The Morgan fingerprint density at radius 1 is 1.09 bits per heavy atom. The van der Waals surface area contributed by atoms with Crippen LogP contribution in [-0.2, 0) is 32.0 Å². The maximum absolute atomic E-state index is 13.1. The van der Waals surface area contributed by atoms with Crippen molar-refractivity contribution < 1.29 is 33.6 Å². The first kappa shape index (κ1) is 26.7. The van der Waals surface area contributed by atoms with Gasteiger partial charge in [0.2, 0.25) is 0 Å². The monoisotopic (exact) mass is 484 g/mol. The van der Waals surface area contributed by atoms with E-state index in [1.54, 1.807) is 20.3 Å². The molecule has 0 saturated carbocycles. The molecule has 0 bridgehead atoms. The van der Waals surface area contributed by atoms with E-state index in [1.807, 2.05) is 36.4 Å². The fourth-order valence-electron chi connectivity index (χ4n) is 4.11. The molecule has 1 N–H and O–H groups in total. The van der Waals surface area contributed by atoms with Crippen LogP contribution in [-0.4, -0.2) is 50.9 Å². The summed E-state index contributed by atoms with van der Waals surface area (Å²) in [4.78, 5) is 13.1. The minimum atomic E-state index is -0.537. The van der Waals surface area contributed by atoms with Gasteiger partial charge in [0.25, 0.3) is 0 Å². The zero-order chi connectivity index (χ0) is 25.0. The van der Waals surface area contributed by atoms with E-state index in [4.69, 9.17) is 23.7 Å². The number of benzene rings is 2. The lowest BCUT2D eigenvalue weighted by Gasteiger charge is -2.28. The number of methoxy groups -OCH3 is 2. The summed E-state index contributed by atoms with van der Waals surface area (Å²) in [6, 6.07) is 12.8. The summed E-state index contributed by atoms with van der Waals surface area (Å²) in [5.41, 5.74) is 1.98. The highest BCUT2D eigenvalue weighted by Crippen LogP contribution is 2.27. The van der Waals surface area contributed by atoms with Crippen molar-refractivity contribution in [3.05, 3.63) is 71.3 Å². The number of hydrogen-bond acceptors (Lipinski definition) is 7. The van der Waals surface area contributed by atoms with Crippen molar-refractivity contribution in [1.29, 1.82) is 0 Å². The van der Waals surface area contributed by atoms with Gasteiger partial charge in [0.05, 0.1) is 26.4 Å². The molecular formula is C28H36O7. The van der Waals surface area contributed by atoms with E-state index in [0.29, 0.717) is 32.5 Å². The Kier molecular flexibility index (Phi) is 10.6. The van der Waals surface area contributed by atoms with Crippen LogP contribution >= 0.6 is 0 Å². The molecule has 0 spiro atoms. The van der Waals surface area contributed by atoms with Crippen molar-refractivity contribution in [2.45, 2.75) is 51.4 Å². The van der Waals surface area contributed by atoms with Gasteiger partial charge in [-0.05, 0) is 48.1 Å². The molecule has 0 aromatic heterocycles. The van der Waals surface area contributed by atoms with Crippen LogP contribution in [0.4, 0.5) is 0 Å². The van der Waals surface area contributed by atoms with Gasteiger partial charge in [0.1, 0.15) is 30.0 Å². The van der Waals surface area contributed by atoms with Crippen LogP contribution in [0.1, 0.15) is 47.7 Å². The van der Waals surface area contributed by atoms with E-state index in [-0.39, 0.29) is 30.1 Å². The Morgan fingerprint density at radius 2 is 1.89 bits per heavy atom. The summed E-state index contributed by atoms with van der Waals surface area (Å²) in [6.07, 6.45) is 5.85. The largest absolute Gasteiger partial charge is 0.507 e. The number of carbonyl (C=O) groups is 1. The lowest BCUT2D eigenvalue weighted by Crippen LogP contribution is -2.31. The van der Waals surface area contributed by atoms with Gasteiger partial charge < -0.3 is 28.8 Å². The fraction of sp³-hybridized carbons (Fsp3) is 0.464. The number of rotatable bonds is 9. The van der Waals surface area contributed by atoms with Crippen molar-refractivity contribution in [3.8, 4) is 11.5 Å². The first-order chi connectivity index (χ1) is 17.0. The quantitative estimate of drug-likeness (QED) is 0.231. The highest BCUT2D eigenvalue weighted by atomic mass is 16.7. The molecule has 35 heavy (non-hydrogen) atoms. The first-order valence-electron chi connectivity index (χ1n) is 12.0. The van der Waals surface area contributed by atoms with Gasteiger partial charge in [-0.3, -0.25) is 0 Å². The summed E-state index contributed by atoms with van der Waals surface area (Å²) in [7, 11) is 3.22. The molecule has 1 unspecified atom stereocenters. The van der Waals surface area contributed by atoms with Gasteiger partial charge >= 0.3 is 5.97 Å². The topological polar surface area (TPSA) is 83.5 Å². The summed E-state index contributed by atoms with van der Waals surface area (Å²) in [6.45, 7) is 3.13. The van der Waals surface area contributed by atoms with Crippen LogP contribution in [0.5, 0.6) is 11.5 Å². The summed E-state index contributed by atoms with van der Waals surface area (Å²) in [5.74, 6) is 0.382. The number of fused-ring (bicyclic) bond motifs is 1. The predicted octanol–water partition coefficient (Wildman–Crippen LogP) is 5.05. The number of phenols is 1. The second-order valence-corrected chi connectivity index (χ2v) is 8.76. The number of esters is 1. The third kappa shape index (κ3) is 8.09. The number of phenolic OH excluding ortho intramolecular Hbond substituents is 1. The molecular weight excluding hydrogens is 448 g/mol. The minimum Gasteiger partial charge on any atom is -0.507 e. The Balaban J connectivity index is 1.72. The van der Waals surface area contributed by atoms with Crippen molar-refractivity contribution >= 4 is 5.97 Å². The molecule has 1 aliphatic heterocycles. The molecule has 3 rings (SSSR count). The number of hydrogen-bond donors (Lipinski definition) is 1. The molecule has 1 heterocycles. The molecule has 7 nitrogen and oxygen atoms in total. The van der Waals surface area contributed by atoms with Crippen molar-refractivity contribution in [3.63, 3.8) is 0 Å². The number of cyclic esters (lactones) is 1. The maximum atomic E-state index is 13.1. The average Bonchev–Trinajstić information content (AvgIpc) is 2.86. The zero-order valence-corrected chi connectivity index (χ0v) is 20.8. The number of ether oxygens (including phenoxy) is 5. The normalized spacial score (nSPS) is 21.8. The van der Waals surface area contributed by atoms with Crippen molar-refractivity contribution in [1.82, 2.24) is 0 Å². The lowest BCUT2D eigenvalue weighted by atomic mass is 9.93. The number of aromatic hydroxyl groups is 1. The lowest BCUT2D eigenvalue weighted by molar-refractivity contribution is -0.104. The van der Waals surface area contributed by atoms with Crippen LogP contribution in [0.3, 0.4) is 0 Å². The summed E-state index contributed by atoms with van der Waals surface area (Å²) in [5, 5.41) is 10.4. The van der Waals surface area contributed by atoms with E-state index < -0.39 is 12.1 Å². The third-order valence-electron chi connectivity index (χ3n) is 6.16. The molecule has 2 aromatic rings. The Morgan fingerprint density at radius 3 is 2.63 bits per heavy atom. The summed E-state index contributed by atoms with van der Waals surface area (Å²) < 4.78 is 28.1. The van der Waals surface area contributed by atoms with Gasteiger partial charge in [-0.1, -0.05) is 43.3 Å². The molecule has 2 aromatic carbocycles. The van der Waals surface area contributed by atoms with Gasteiger partial charge in [-0.15, -0.1) is 0 Å². The third-order valence-corrected chi connectivity index (χ3v) is 6.16. The molecule has 0 aliphatic carbocycles. The predicted molar refractivity (Wildman–Crippen MR) is 133 cm³/mol. The second-order valence-electron chi connectivity index (χ2n) is 8.76. The van der Waals surface area contributed by atoms with E-state index in [9.17, 15) is 9.90 Å². The second kappa shape index (κ2) is 13.9. The highest BCUT2D eigenvalue weighted by molar-refractivity contribution is 5.94. The molecule has 190 valence electrons. The zero-order valence-electron chi connectivity index (χ0n) is 20.8. The van der Waals surface area contributed by atoms with Crippen LogP contribution in [0.25, 0.3) is 0 Å². The number of carbonyl (C=O) groups excluding carboxylic acids is 1. The molecule has 1 aliphatic rings. The minimum absolute atomic E-state index is 0.0759. The van der Waals surface area contributed by atoms with Crippen molar-refractivity contribution in [2.75, 3.05) is 27.6 Å². The maximum Gasteiger partial charge on any atom is 0.342 e. The fourth-order valence-corrected chi connectivity index (χ4v) is 4.11. The smallest absolute Gasteiger partial charge is 0.342 e. The average molecular weight is 485 g/mol. The molecule has 0 saturated heterocycles. The van der Waals surface area contributed by atoms with Crippen LogP contribution in [0, 0.1) is 5.92 Å². The van der Waals surface area contributed by atoms with Gasteiger partial charge in [0, 0.05) is 20.0 Å². The van der Waals surface area contributed by atoms with Crippen molar-refractivity contribution in [2.24, 2.45) is 5.92 Å². The van der Waals surface area contributed by atoms with Crippen LogP contribution < -0.4 is 4.74 Å². The summed E-state index contributed by atoms with van der Waals surface area (Å²) >= 11 is 0.